The Morgan fingerprint density at radius 2 is 1.83 bits per heavy atom. The van der Waals surface area contributed by atoms with Gasteiger partial charge in [-0.25, -0.2) is 4.90 Å². The van der Waals surface area contributed by atoms with E-state index in [1.807, 2.05) is 69.3 Å². The maximum Gasteiger partial charge on any atom is 0.247 e. The molecule has 0 saturated carbocycles. The minimum absolute atomic E-state index is 0.0549. The molecule has 1 atom stereocenters. The molecule has 3 rings (SSSR count). The molecule has 0 bridgehead atoms. The van der Waals surface area contributed by atoms with Gasteiger partial charge >= 0.3 is 0 Å². The molecule has 2 aromatic carbocycles. The zero-order valence-electron chi connectivity index (χ0n) is 20.5. The van der Waals surface area contributed by atoms with Crippen molar-refractivity contribution in [1.29, 1.82) is 0 Å². The average molecular weight is 494 g/mol. The maximum atomic E-state index is 12.9. The number of amides is 2. The lowest BCUT2D eigenvalue weighted by Crippen LogP contribution is -2.31. The third kappa shape index (κ3) is 7.19. The van der Waals surface area contributed by atoms with E-state index in [0.717, 1.165) is 29.4 Å². The van der Waals surface area contributed by atoms with Crippen LogP contribution in [0, 0.1) is 0 Å². The topological polar surface area (TPSA) is 101 Å². The molecule has 1 fully saturated rings. The minimum atomic E-state index is -0.636. The van der Waals surface area contributed by atoms with Crippen LogP contribution in [-0.2, 0) is 9.59 Å². The molecule has 1 aliphatic rings. The normalized spacial score (nSPS) is 16.9. The number of carbonyl (C=O) groups is 2. The van der Waals surface area contributed by atoms with Gasteiger partial charge < -0.3 is 15.4 Å². The molecule has 1 heterocycles. The van der Waals surface area contributed by atoms with E-state index in [1.165, 1.54) is 4.90 Å². The van der Waals surface area contributed by atoms with E-state index >= 15 is 0 Å². The summed E-state index contributed by atoms with van der Waals surface area (Å²) in [4.78, 5) is 28.6. The van der Waals surface area contributed by atoms with Gasteiger partial charge in [0.25, 0.3) is 0 Å². The molecule has 1 unspecified atom stereocenters. The van der Waals surface area contributed by atoms with Crippen LogP contribution < -0.4 is 20.3 Å². The van der Waals surface area contributed by atoms with Crippen LogP contribution in [0.5, 0.6) is 5.75 Å². The zero-order valence-corrected chi connectivity index (χ0v) is 21.3. The van der Waals surface area contributed by atoms with Crippen molar-refractivity contribution >= 4 is 51.9 Å². The number of thioether (sulfide) groups is 1. The summed E-state index contributed by atoms with van der Waals surface area (Å²) in [5.41, 5.74) is 9.33. The molecular formula is C26H31N5O3S. The number of nitrogens with two attached hydrogens (primary N) is 1. The van der Waals surface area contributed by atoms with Crippen LogP contribution in [0.2, 0.25) is 0 Å². The second-order valence-electron chi connectivity index (χ2n) is 8.22. The Kier molecular flexibility index (Phi) is 9.08. The van der Waals surface area contributed by atoms with Crippen LogP contribution in [0.25, 0.3) is 6.08 Å². The third-order valence-corrected chi connectivity index (χ3v) is 6.14. The molecule has 184 valence electrons. The lowest BCUT2D eigenvalue weighted by Gasteiger charge is -2.15. The highest BCUT2D eigenvalue weighted by molar-refractivity contribution is 8.14. The van der Waals surface area contributed by atoms with Gasteiger partial charge in [0.05, 0.1) is 18.0 Å². The first-order valence-corrected chi connectivity index (χ1v) is 12.3. The van der Waals surface area contributed by atoms with Crippen molar-refractivity contribution < 1.29 is 14.3 Å². The first-order valence-electron chi connectivity index (χ1n) is 11.4. The Labute approximate surface area is 210 Å². The third-order valence-electron chi connectivity index (χ3n) is 5.17. The Hall–Kier alpha value is -3.59. The second-order valence-corrected chi connectivity index (χ2v) is 9.44. The van der Waals surface area contributed by atoms with Gasteiger partial charge in [0, 0.05) is 26.2 Å². The molecule has 2 N–H and O–H groups in total. The number of rotatable bonds is 9. The number of nitrogens with zero attached hydrogens (tertiary/aromatic N) is 4. The average Bonchev–Trinajstić information content (AvgIpc) is 3.13. The number of hydrogen-bond donors (Lipinski definition) is 1. The SMILES string of the molecule is CCCOc1ccc(N2C(=O)CC(SC(N)=N/N=C(C)\C=C\c3ccc(N(C)C)cc3)C2=O)cc1. The van der Waals surface area contributed by atoms with Gasteiger partial charge in [-0.2, -0.15) is 5.10 Å². The molecule has 35 heavy (non-hydrogen) atoms. The van der Waals surface area contributed by atoms with Crippen molar-refractivity contribution in [3.63, 3.8) is 0 Å². The number of carbonyl (C=O) groups excluding carboxylic acids is 2. The first kappa shape index (κ1) is 26.0. The Morgan fingerprint density at radius 3 is 2.46 bits per heavy atom. The summed E-state index contributed by atoms with van der Waals surface area (Å²) in [6.07, 6.45) is 4.73. The summed E-state index contributed by atoms with van der Waals surface area (Å²) in [7, 11) is 3.99. The van der Waals surface area contributed by atoms with Crippen molar-refractivity contribution in [3.05, 3.63) is 60.2 Å². The van der Waals surface area contributed by atoms with Crippen LogP contribution in [0.15, 0.2) is 64.8 Å². The summed E-state index contributed by atoms with van der Waals surface area (Å²) in [6.45, 7) is 4.45. The zero-order chi connectivity index (χ0) is 25.4. The highest BCUT2D eigenvalue weighted by Crippen LogP contribution is 2.30. The number of hydrogen-bond acceptors (Lipinski definition) is 7. The van der Waals surface area contributed by atoms with Gasteiger partial charge in [-0.3, -0.25) is 9.59 Å². The Bertz CT molecular complexity index is 1120. The number of allylic oxidation sites excluding steroid dienone is 1. The lowest BCUT2D eigenvalue weighted by molar-refractivity contribution is -0.121. The summed E-state index contributed by atoms with van der Waals surface area (Å²) in [6, 6.07) is 15.0. The van der Waals surface area contributed by atoms with E-state index in [1.54, 1.807) is 24.3 Å². The smallest absolute Gasteiger partial charge is 0.247 e. The monoisotopic (exact) mass is 493 g/mol. The van der Waals surface area contributed by atoms with Gasteiger partial charge in [0.1, 0.15) is 11.0 Å². The van der Waals surface area contributed by atoms with E-state index in [9.17, 15) is 9.59 Å². The molecule has 0 spiro atoms. The molecule has 0 radical (unpaired) electrons. The van der Waals surface area contributed by atoms with E-state index in [2.05, 4.69) is 10.2 Å². The number of benzene rings is 2. The van der Waals surface area contributed by atoms with Gasteiger partial charge in [0.2, 0.25) is 11.8 Å². The quantitative estimate of drug-likeness (QED) is 0.242. The summed E-state index contributed by atoms with van der Waals surface area (Å²) < 4.78 is 5.56. The van der Waals surface area contributed by atoms with Gasteiger partial charge in [-0.15, -0.1) is 5.10 Å². The molecule has 1 aliphatic heterocycles. The molecule has 8 nitrogen and oxygen atoms in total. The number of imide groups is 1. The summed E-state index contributed by atoms with van der Waals surface area (Å²) >= 11 is 1.05. The van der Waals surface area contributed by atoms with Crippen molar-refractivity contribution in [3.8, 4) is 5.75 Å². The van der Waals surface area contributed by atoms with Crippen LogP contribution in [0.3, 0.4) is 0 Å². The molecule has 0 aromatic heterocycles. The fourth-order valence-electron chi connectivity index (χ4n) is 3.31. The Balaban J connectivity index is 1.59. The molecule has 2 amide bonds. The lowest BCUT2D eigenvalue weighted by atomic mass is 10.2. The summed E-state index contributed by atoms with van der Waals surface area (Å²) in [5.74, 6) is 0.109. The van der Waals surface area contributed by atoms with E-state index in [4.69, 9.17) is 10.5 Å². The van der Waals surface area contributed by atoms with Crippen molar-refractivity contribution in [2.24, 2.45) is 15.9 Å². The van der Waals surface area contributed by atoms with Crippen LogP contribution in [-0.4, -0.2) is 48.6 Å². The molecule has 2 aromatic rings. The highest BCUT2D eigenvalue weighted by atomic mass is 32.2. The van der Waals surface area contributed by atoms with Gasteiger partial charge in [-0.1, -0.05) is 36.9 Å². The van der Waals surface area contributed by atoms with Crippen LogP contribution in [0.4, 0.5) is 11.4 Å². The van der Waals surface area contributed by atoms with Crippen molar-refractivity contribution in [1.82, 2.24) is 0 Å². The van der Waals surface area contributed by atoms with E-state index in [-0.39, 0.29) is 23.4 Å². The van der Waals surface area contributed by atoms with Crippen molar-refractivity contribution in [2.75, 3.05) is 30.5 Å². The first-order chi connectivity index (χ1) is 16.8. The highest BCUT2D eigenvalue weighted by Gasteiger charge is 2.40. The Morgan fingerprint density at radius 1 is 1.14 bits per heavy atom. The van der Waals surface area contributed by atoms with Gasteiger partial charge in [0.15, 0.2) is 5.17 Å². The molecule has 9 heteroatoms. The van der Waals surface area contributed by atoms with E-state index < -0.39 is 5.25 Å². The van der Waals surface area contributed by atoms with Crippen LogP contribution in [0.1, 0.15) is 32.3 Å². The van der Waals surface area contributed by atoms with E-state index in [0.29, 0.717) is 23.8 Å². The fourth-order valence-corrected chi connectivity index (χ4v) is 4.12. The molecular weight excluding hydrogens is 462 g/mol. The van der Waals surface area contributed by atoms with Crippen molar-refractivity contribution in [2.45, 2.75) is 31.9 Å². The fraction of sp³-hybridized carbons (Fsp3) is 0.308. The predicted octanol–water partition coefficient (Wildman–Crippen LogP) is 4.31. The molecule has 1 saturated heterocycles. The van der Waals surface area contributed by atoms with Gasteiger partial charge in [-0.05, 0) is 61.4 Å². The van der Waals surface area contributed by atoms with Crippen LogP contribution >= 0.6 is 11.8 Å². The standard InChI is InChI=1S/C26H31N5O3S/c1-5-16-34-22-14-12-21(13-15-22)31-24(32)17-23(25(31)33)35-26(27)29-28-18(2)6-7-19-8-10-20(11-9-19)30(3)4/h6-15,23H,5,16-17H2,1-4H3,(H2,27,29)/b7-6+,28-18-. The summed E-state index contributed by atoms with van der Waals surface area (Å²) in [5, 5.41) is 7.64. The maximum absolute atomic E-state index is 12.9. The number of anilines is 2. The number of ether oxygens (including phenoxy) is 1. The largest absolute Gasteiger partial charge is 0.494 e. The minimum Gasteiger partial charge on any atom is -0.494 e. The molecule has 0 aliphatic carbocycles. The second kappa shape index (κ2) is 12.2. The number of amidine groups is 1. The predicted molar refractivity (Wildman–Crippen MR) is 145 cm³/mol.